The Morgan fingerprint density at radius 2 is 0.828 bits per heavy atom. The Hall–Kier alpha value is -4.05. The van der Waals surface area contributed by atoms with Gasteiger partial charge >= 0.3 is 0 Å². The third kappa shape index (κ3) is 5.02. The molecule has 0 spiro atoms. The van der Waals surface area contributed by atoms with Crippen LogP contribution < -0.4 is 16.0 Å². The van der Waals surface area contributed by atoms with Gasteiger partial charge in [0.05, 0.1) is 0 Å². The first-order valence-corrected chi connectivity index (χ1v) is 9.42. The molecule has 0 bridgehead atoms. The van der Waals surface area contributed by atoms with Crippen LogP contribution in [0.2, 0.25) is 0 Å². The van der Waals surface area contributed by atoms with Crippen LogP contribution in [0.1, 0.15) is 10.4 Å². The lowest BCUT2D eigenvalue weighted by molar-refractivity contribution is 0.102. The fourth-order valence-corrected chi connectivity index (χ4v) is 2.92. The molecule has 29 heavy (non-hydrogen) atoms. The number of hydrogen-bond donors (Lipinski definition) is 3. The quantitative estimate of drug-likeness (QED) is 0.362. The normalized spacial score (nSPS) is 10.2. The lowest BCUT2D eigenvalue weighted by atomic mass is 10.2. The fraction of sp³-hybridized carbons (Fsp3) is 0. The summed E-state index contributed by atoms with van der Waals surface area (Å²) >= 11 is 0. The SMILES string of the molecule is O=C(Nc1ccc(Nc2ccc(Nc3ccccc3)cc2)cc1)c1ccccc1. The predicted molar refractivity (Wildman–Crippen MR) is 120 cm³/mol. The van der Waals surface area contributed by atoms with Crippen LogP contribution >= 0.6 is 0 Å². The zero-order valence-corrected chi connectivity index (χ0v) is 15.8. The zero-order valence-electron chi connectivity index (χ0n) is 15.8. The van der Waals surface area contributed by atoms with Crippen LogP contribution in [0.3, 0.4) is 0 Å². The zero-order chi connectivity index (χ0) is 19.9. The minimum absolute atomic E-state index is 0.118. The first-order chi connectivity index (χ1) is 14.3. The van der Waals surface area contributed by atoms with Gasteiger partial charge < -0.3 is 16.0 Å². The average Bonchev–Trinajstić information content (AvgIpc) is 2.78. The Kier molecular flexibility index (Phi) is 5.53. The molecule has 0 fully saturated rings. The second kappa shape index (κ2) is 8.76. The first kappa shape index (κ1) is 18.3. The number of nitrogens with one attached hydrogen (secondary N) is 3. The van der Waals surface area contributed by atoms with Crippen LogP contribution in [0.15, 0.2) is 109 Å². The van der Waals surface area contributed by atoms with Gasteiger partial charge in [-0.1, -0.05) is 36.4 Å². The van der Waals surface area contributed by atoms with E-state index in [2.05, 4.69) is 16.0 Å². The molecule has 4 heteroatoms. The molecule has 0 unspecified atom stereocenters. The maximum absolute atomic E-state index is 12.2. The molecule has 0 aliphatic heterocycles. The molecule has 0 aliphatic carbocycles. The number of amides is 1. The standard InChI is InChI=1S/C25H21N3O/c29-25(19-7-3-1-4-8-19)28-24-17-15-23(16-18-24)27-22-13-11-21(12-14-22)26-20-9-5-2-6-10-20/h1-18,26-27H,(H,28,29). The van der Waals surface area contributed by atoms with Gasteiger partial charge in [0.15, 0.2) is 0 Å². The molecule has 1 amide bonds. The van der Waals surface area contributed by atoms with Crippen LogP contribution in [-0.2, 0) is 0 Å². The highest BCUT2D eigenvalue weighted by Gasteiger charge is 2.05. The molecular formula is C25H21N3O. The van der Waals surface area contributed by atoms with Crippen LogP contribution in [0, 0.1) is 0 Å². The van der Waals surface area contributed by atoms with Crippen molar-refractivity contribution in [1.29, 1.82) is 0 Å². The van der Waals surface area contributed by atoms with E-state index in [0.29, 0.717) is 5.56 Å². The summed E-state index contributed by atoms with van der Waals surface area (Å²) in [4.78, 5) is 12.2. The van der Waals surface area contributed by atoms with E-state index < -0.39 is 0 Å². The number of hydrogen-bond acceptors (Lipinski definition) is 3. The van der Waals surface area contributed by atoms with Crippen LogP contribution in [0.5, 0.6) is 0 Å². The number of para-hydroxylation sites is 1. The topological polar surface area (TPSA) is 53.2 Å². The van der Waals surface area contributed by atoms with Gasteiger partial charge in [-0.15, -0.1) is 0 Å². The van der Waals surface area contributed by atoms with Crippen molar-refractivity contribution >= 4 is 34.3 Å². The van der Waals surface area contributed by atoms with E-state index in [4.69, 9.17) is 0 Å². The molecule has 0 saturated heterocycles. The highest BCUT2D eigenvalue weighted by Crippen LogP contribution is 2.22. The van der Waals surface area contributed by atoms with Crippen molar-refractivity contribution in [2.24, 2.45) is 0 Å². The smallest absolute Gasteiger partial charge is 0.255 e. The third-order valence-corrected chi connectivity index (χ3v) is 4.41. The minimum atomic E-state index is -0.118. The predicted octanol–water partition coefficient (Wildman–Crippen LogP) is 6.43. The van der Waals surface area contributed by atoms with Gasteiger partial charge in [-0.25, -0.2) is 0 Å². The van der Waals surface area contributed by atoms with Crippen molar-refractivity contribution in [3.63, 3.8) is 0 Å². The Bertz CT molecular complexity index is 1060. The highest BCUT2D eigenvalue weighted by atomic mass is 16.1. The highest BCUT2D eigenvalue weighted by molar-refractivity contribution is 6.04. The average molecular weight is 379 g/mol. The van der Waals surface area contributed by atoms with E-state index >= 15 is 0 Å². The van der Waals surface area contributed by atoms with E-state index in [-0.39, 0.29) is 5.91 Å². The first-order valence-electron chi connectivity index (χ1n) is 9.42. The summed E-state index contributed by atoms with van der Waals surface area (Å²) in [5.74, 6) is -0.118. The van der Waals surface area contributed by atoms with Gasteiger partial charge in [-0.3, -0.25) is 4.79 Å². The van der Waals surface area contributed by atoms with Crippen LogP contribution in [0.25, 0.3) is 0 Å². The molecule has 3 N–H and O–H groups in total. The maximum atomic E-state index is 12.2. The van der Waals surface area contributed by atoms with Gasteiger partial charge in [-0.2, -0.15) is 0 Å². The second-order valence-corrected chi connectivity index (χ2v) is 6.59. The van der Waals surface area contributed by atoms with E-state index in [0.717, 1.165) is 28.4 Å². The van der Waals surface area contributed by atoms with E-state index in [1.807, 2.05) is 97.1 Å². The Labute approximate surface area is 170 Å². The summed E-state index contributed by atoms with van der Waals surface area (Å²) in [5.41, 5.74) is 5.42. The Morgan fingerprint density at radius 3 is 1.31 bits per heavy atom. The summed E-state index contributed by atoms with van der Waals surface area (Å²) in [7, 11) is 0. The minimum Gasteiger partial charge on any atom is -0.356 e. The number of rotatable bonds is 6. The molecule has 142 valence electrons. The van der Waals surface area contributed by atoms with Gasteiger partial charge in [-0.05, 0) is 72.8 Å². The largest absolute Gasteiger partial charge is 0.356 e. The van der Waals surface area contributed by atoms with Crippen molar-refractivity contribution in [2.75, 3.05) is 16.0 Å². The van der Waals surface area contributed by atoms with Gasteiger partial charge in [0.2, 0.25) is 0 Å². The molecular weight excluding hydrogens is 358 g/mol. The fourth-order valence-electron chi connectivity index (χ4n) is 2.92. The summed E-state index contributed by atoms with van der Waals surface area (Å²) in [6.45, 7) is 0. The second-order valence-electron chi connectivity index (χ2n) is 6.59. The Balaban J connectivity index is 1.35. The van der Waals surface area contributed by atoms with Crippen LogP contribution in [0.4, 0.5) is 28.4 Å². The molecule has 4 nitrogen and oxygen atoms in total. The summed E-state index contributed by atoms with van der Waals surface area (Å²) in [5, 5.41) is 9.64. The van der Waals surface area contributed by atoms with Crippen molar-refractivity contribution in [3.8, 4) is 0 Å². The van der Waals surface area contributed by atoms with Gasteiger partial charge in [0.1, 0.15) is 0 Å². The molecule has 4 aromatic carbocycles. The molecule has 0 aliphatic rings. The molecule has 0 aromatic heterocycles. The van der Waals surface area contributed by atoms with E-state index in [9.17, 15) is 4.79 Å². The summed E-state index contributed by atoms with van der Waals surface area (Å²) < 4.78 is 0. The van der Waals surface area contributed by atoms with E-state index in [1.165, 1.54) is 0 Å². The molecule has 4 aromatic rings. The lowest BCUT2D eigenvalue weighted by Crippen LogP contribution is -2.11. The molecule has 0 heterocycles. The number of benzene rings is 4. The van der Waals surface area contributed by atoms with Gasteiger partial charge in [0.25, 0.3) is 5.91 Å². The van der Waals surface area contributed by atoms with Crippen molar-refractivity contribution < 1.29 is 4.79 Å². The number of anilines is 5. The third-order valence-electron chi connectivity index (χ3n) is 4.41. The number of carbonyl (C=O) groups excluding carboxylic acids is 1. The van der Waals surface area contributed by atoms with Crippen LogP contribution in [-0.4, -0.2) is 5.91 Å². The molecule has 0 saturated carbocycles. The van der Waals surface area contributed by atoms with Crippen molar-refractivity contribution in [3.05, 3.63) is 115 Å². The monoisotopic (exact) mass is 379 g/mol. The van der Waals surface area contributed by atoms with Crippen molar-refractivity contribution in [1.82, 2.24) is 0 Å². The van der Waals surface area contributed by atoms with Gasteiger partial charge in [0, 0.05) is 34.0 Å². The summed E-state index contributed by atoms with van der Waals surface area (Å²) in [6, 6.07) is 35.0. The lowest BCUT2D eigenvalue weighted by Gasteiger charge is -2.10. The van der Waals surface area contributed by atoms with E-state index in [1.54, 1.807) is 12.1 Å². The summed E-state index contributed by atoms with van der Waals surface area (Å²) in [6.07, 6.45) is 0. The molecule has 0 radical (unpaired) electrons. The Morgan fingerprint density at radius 1 is 0.448 bits per heavy atom. The molecule has 0 atom stereocenters. The number of carbonyl (C=O) groups is 1. The molecule has 4 rings (SSSR count). The maximum Gasteiger partial charge on any atom is 0.255 e. The van der Waals surface area contributed by atoms with Crippen molar-refractivity contribution in [2.45, 2.75) is 0 Å².